The Morgan fingerprint density at radius 3 is 2.60 bits per heavy atom. The molecule has 15 heavy (non-hydrogen) atoms. The van der Waals surface area contributed by atoms with Gasteiger partial charge in [0.25, 0.3) is 0 Å². The van der Waals surface area contributed by atoms with Crippen molar-refractivity contribution in [2.24, 2.45) is 0 Å². The molecule has 2 atom stereocenters. The molecule has 1 rings (SSSR count). The van der Waals surface area contributed by atoms with E-state index in [1.165, 1.54) is 7.11 Å². The standard InChI is InChI=1S/C8H16N2O3.C2H6/c1-10-4-6(3-7(10)5-11)9-8(12)13-2;1-2/h6-7,11H,3-5H2,1-2H3,(H,9,12);1-2H3. The van der Waals surface area contributed by atoms with Crippen LogP contribution in [0.15, 0.2) is 0 Å². The number of amides is 1. The maximum atomic E-state index is 10.9. The number of alkyl carbamates (subject to hydrolysis) is 1. The first kappa shape index (κ1) is 14.2. The average Bonchev–Trinajstić information content (AvgIpc) is 2.61. The van der Waals surface area contributed by atoms with Crippen molar-refractivity contribution in [1.82, 2.24) is 10.2 Å². The molecule has 1 fully saturated rings. The van der Waals surface area contributed by atoms with Crippen LogP contribution < -0.4 is 5.32 Å². The zero-order valence-electron chi connectivity index (χ0n) is 9.99. The van der Waals surface area contributed by atoms with Crippen molar-refractivity contribution >= 4 is 6.09 Å². The first-order chi connectivity index (χ1) is 7.17. The van der Waals surface area contributed by atoms with Crippen molar-refractivity contribution in [3.8, 4) is 0 Å². The van der Waals surface area contributed by atoms with Gasteiger partial charge in [-0.3, -0.25) is 4.90 Å². The van der Waals surface area contributed by atoms with Gasteiger partial charge >= 0.3 is 6.09 Å². The fourth-order valence-electron chi connectivity index (χ4n) is 1.62. The van der Waals surface area contributed by atoms with E-state index in [0.717, 1.165) is 13.0 Å². The number of methoxy groups -OCH3 is 1. The van der Waals surface area contributed by atoms with E-state index in [9.17, 15) is 4.79 Å². The minimum Gasteiger partial charge on any atom is -0.453 e. The molecule has 5 nitrogen and oxygen atoms in total. The van der Waals surface area contributed by atoms with Crippen LogP contribution in [0.2, 0.25) is 0 Å². The molecule has 0 aromatic heterocycles. The summed E-state index contributed by atoms with van der Waals surface area (Å²) in [6.07, 6.45) is 0.374. The largest absolute Gasteiger partial charge is 0.453 e. The van der Waals surface area contributed by atoms with Gasteiger partial charge in [0.05, 0.1) is 13.7 Å². The number of likely N-dealkylation sites (N-methyl/N-ethyl adjacent to an activating group) is 1. The summed E-state index contributed by atoms with van der Waals surface area (Å²) in [5.41, 5.74) is 0. The number of nitrogens with zero attached hydrogens (tertiary/aromatic N) is 1. The minimum atomic E-state index is -0.406. The molecule has 0 bridgehead atoms. The van der Waals surface area contributed by atoms with Crippen LogP contribution in [-0.2, 0) is 4.74 Å². The van der Waals surface area contributed by atoms with Crippen LogP contribution in [0.4, 0.5) is 4.79 Å². The van der Waals surface area contributed by atoms with E-state index in [-0.39, 0.29) is 18.7 Å². The van der Waals surface area contributed by atoms with Crippen LogP contribution in [-0.4, -0.2) is 55.5 Å². The van der Waals surface area contributed by atoms with Gasteiger partial charge in [0.15, 0.2) is 0 Å². The van der Waals surface area contributed by atoms with Gasteiger partial charge in [0.1, 0.15) is 0 Å². The number of aliphatic hydroxyl groups is 1. The molecule has 0 aromatic rings. The number of likely N-dealkylation sites (tertiary alicyclic amines) is 1. The lowest BCUT2D eigenvalue weighted by Crippen LogP contribution is -2.36. The molecule has 5 heteroatoms. The Labute approximate surface area is 91.4 Å². The van der Waals surface area contributed by atoms with Crippen molar-refractivity contribution in [2.45, 2.75) is 32.4 Å². The lowest BCUT2D eigenvalue weighted by Gasteiger charge is -2.14. The first-order valence-corrected chi connectivity index (χ1v) is 5.33. The number of nitrogens with one attached hydrogen (secondary N) is 1. The van der Waals surface area contributed by atoms with Crippen molar-refractivity contribution < 1.29 is 14.6 Å². The quantitative estimate of drug-likeness (QED) is 0.705. The van der Waals surface area contributed by atoms with Gasteiger partial charge in [0.2, 0.25) is 0 Å². The average molecular weight is 218 g/mol. The maximum Gasteiger partial charge on any atom is 0.407 e. The molecule has 1 aliphatic heterocycles. The Morgan fingerprint density at radius 1 is 1.60 bits per heavy atom. The van der Waals surface area contributed by atoms with Gasteiger partial charge in [-0.15, -0.1) is 0 Å². The van der Waals surface area contributed by atoms with Crippen LogP contribution in [0.1, 0.15) is 20.3 Å². The molecule has 1 amide bonds. The monoisotopic (exact) mass is 218 g/mol. The van der Waals surface area contributed by atoms with Crippen LogP contribution >= 0.6 is 0 Å². The van der Waals surface area contributed by atoms with Crippen LogP contribution in [0.5, 0.6) is 0 Å². The van der Waals surface area contributed by atoms with Gasteiger partial charge < -0.3 is 15.2 Å². The highest BCUT2D eigenvalue weighted by molar-refractivity contribution is 5.67. The molecule has 2 N–H and O–H groups in total. The minimum absolute atomic E-state index is 0.0922. The van der Waals surface area contributed by atoms with Gasteiger partial charge in [-0.2, -0.15) is 0 Å². The fourth-order valence-corrected chi connectivity index (χ4v) is 1.62. The van der Waals surface area contributed by atoms with Crippen molar-refractivity contribution in [2.75, 3.05) is 27.3 Å². The summed E-state index contributed by atoms with van der Waals surface area (Å²) in [7, 11) is 3.28. The van der Waals surface area contributed by atoms with E-state index in [0.29, 0.717) is 0 Å². The predicted octanol–water partition coefficient (Wildman–Crippen LogP) is 0.434. The summed E-state index contributed by atoms with van der Waals surface area (Å²) in [6, 6.07) is 0.247. The smallest absolute Gasteiger partial charge is 0.407 e. The molecule has 0 saturated carbocycles. The third-order valence-corrected chi connectivity index (χ3v) is 2.41. The van der Waals surface area contributed by atoms with E-state index >= 15 is 0 Å². The predicted molar refractivity (Wildman–Crippen MR) is 58.8 cm³/mol. The molecule has 1 heterocycles. The number of hydrogen-bond acceptors (Lipinski definition) is 4. The molecular weight excluding hydrogens is 196 g/mol. The van der Waals surface area contributed by atoms with E-state index in [2.05, 4.69) is 10.1 Å². The van der Waals surface area contributed by atoms with Gasteiger partial charge in [-0.05, 0) is 13.5 Å². The number of ether oxygens (including phenoxy) is 1. The van der Waals surface area contributed by atoms with E-state index in [1.54, 1.807) is 0 Å². The molecule has 0 aromatic carbocycles. The van der Waals surface area contributed by atoms with Crippen LogP contribution in [0, 0.1) is 0 Å². The second-order valence-electron chi connectivity index (χ2n) is 3.34. The lowest BCUT2D eigenvalue weighted by atomic mass is 10.2. The van der Waals surface area contributed by atoms with Crippen molar-refractivity contribution in [3.05, 3.63) is 0 Å². The topological polar surface area (TPSA) is 61.8 Å². The third-order valence-electron chi connectivity index (χ3n) is 2.41. The Hall–Kier alpha value is -0.810. The summed E-state index contributed by atoms with van der Waals surface area (Å²) >= 11 is 0. The SMILES string of the molecule is CC.COC(=O)NC1CC(CO)N(C)C1. The number of carbonyl (C=O) groups excluding carboxylic acids is 1. The van der Waals surface area contributed by atoms with Crippen LogP contribution in [0.3, 0.4) is 0 Å². The summed E-state index contributed by atoms with van der Waals surface area (Å²) in [4.78, 5) is 12.9. The second-order valence-corrected chi connectivity index (χ2v) is 3.34. The molecule has 0 aliphatic carbocycles. The van der Waals surface area contributed by atoms with E-state index in [4.69, 9.17) is 5.11 Å². The molecule has 1 aliphatic rings. The Balaban J connectivity index is 0.000000921. The number of rotatable bonds is 2. The Morgan fingerprint density at radius 2 is 2.20 bits per heavy atom. The number of carbonyl (C=O) groups is 1. The van der Waals surface area contributed by atoms with Gasteiger partial charge in [-0.1, -0.05) is 13.8 Å². The molecule has 1 saturated heterocycles. The Kier molecular flexibility index (Phi) is 7.07. The summed E-state index contributed by atoms with van der Waals surface area (Å²) in [6.45, 7) is 4.90. The van der Waals surface area contributed by atoms with Crippen molar-refractivity contribution in [1.29, 1.82) is 0 Å². The fraction of sp³-hybridized carbons (Fsp3) is 0.900. The lowest BCUT2D eigenvalue weighted by molar-refractivity contribution is 0.167. The summed E-state index contributed by atoms with van der Waals surface area (Å²) in [5, 5.41) is 11.7. The second kappa shape index (κ2) is 7.48. The van der Waals surface area contributed by atoms with E-state index in [1.807, 2.05) is 25.8 Å². The summed E-state index contributed by atoms with van der Waals surface area (Å²) in [5.74, 6) is 0. The zero-order chi connectivity index (χ0) is 11.8. The van der Waals surface area contributed by atoms with E-state index < -0.39 is 6.09 Å². The maximum absolute atomic E-state index is 10.9. The highest BCUT2D eigenvalue weighted by Gasteiger charge is 2.29. The highest BCUT2D eigenvalue weighted by Crippen LogP contribution is 2.14. The van der Waals surface area contributed by atoms with Gasteiger partial charge in [-0.25, -0.2) is 4.79 Å². The normalized spacial score (nSPS) is 25.4. The Bertz CT molecular complexity index is 188. The third kappa shape index (κ3) is 4.48. The number of hydrogen-bond donors (Lipinski definition) is 2. The van der Waals surface area contributed by atoms with Crippen molar-refractivity contribution in [3.63, 3.8) is 0 Å². The van der Waals surface area contributed by atoms with Gasteiger partial charge in [0, 0.05) is 18.6 Å². The highest BCUT2D eigenvalue weighted by atomic mass is 16.5. The molecule has 90 valence electrons. The molecular formula is C10H22N2O3. The molecule has 0 radical (unpaired) electrons. The summed E-state index contributed by atoms with van der Waals surface area (Å²) < 4.78 is 4.49. The van der Waals surface area contributed by atoms with Crippen LogP contribution in [0.25, 0.3) is 0 Å². The molecule has 2 unspecified atom stereocenters. The first-order valence-electron chi connectivity index (χ1n) is 5.33. The number of aliphatic hydroxyl groups excluding tert-OH is 1. The zero-order valence-corrected chi connectivity index (χ0v) is 9.99. The molecule has 0 spiro atoms.